The van der Waals surface area contributed by atoms with Crippen molar-refractivity contribution in [3.63, 3.8) is 0 Å². The van der Waals surface area contributed by atoms with E-state index in [1.165, 1.54) is 10.5 Å². The Hall–Kier alpha value is -2.31. The van der Waals surface area contributed by atoms with Gasteiger partial charge in [-0.2, -0.15) is 0 Å². The van der Waals surface area contributed by atoms with Gasteiger partial charge in [-0.05, 0) is 29.4 Å². The van der Waals surface area contributed by atoms with Gasteiger partial charge in [0.05, 0.1) is 0 Å². The number of rotatable bonds is 4. The number of nitrogens with two attached hydrogens (primary N) is 1. The Morgan fingerprint density at radius 2 is 1.79 bits per heavy atom. The molecule has 0 bridgehead atoms. The van der Waals surface area contributed by atoms with E-state index in [1.54, 1.807) is 0 Å². The fraction of sp³-hybridized carbons (Fsp3) is 0.222. The van der Waals surface area contributed by atoms with Crippen molar-refractivity contribution in [3.8, 4) is 0 Å². The van der Waals surface area contributed by atoms with Crippen molar-refractivity contribution in [2.75, 3.05) is 5.75 Å². The molecule has 0 saturated heterocycles. The standard InChI is InChI=1S/C18H19N3O2S/c19-18(23)21-17(22)16(12-6-2-1-3-7-12)20-14-10-11-24-15-9-5-4-8-13(14)15/h1-9,14,16,20H,10-11H2,(H3,19,21,22,23)/t14-,16+/m1/s1. The van der Waals surface area contributed by atoms with E-state index in [9.17, 15) is 9.59 Å². The van der Waals surface area contributed by atoms with Crippen molar-refractivity contribution in [2.45, 2.75) is 23.4 Å². The summed E-state index contributed by atoms with van der Waals surface area (Å²) in [4.78, 5) is 24.8. The summed E-state index contributed by atoms with van der Waals surface area (Å²) in [6.07, 6.45) is 0.912. The van der Waals surface area contributed by atoms with Gasteiger partial charge in [0.2, 0.25) is 5.91 Å². The van der Waals surface area contributed by atoms with E-state index < -0.39 is 18.0 Å². The zero-order valence-corrected chi connectivity index (χ0v) is 13.9. The monoisotopic (exact) mass is 341 g/mol. The van der Waals surface area contributed by atoms with Crippen LogP contribution in [-0.2, 0) is 4.79 Å². The van der Waals surface area contributed by atoms with E-state index in [1.807, 2.05) is 54.2 Å². The molecule has 2 atom stereocenters. The molecule has 0 aromatic heterocycles. The summed E-state index contributed by atoms with van der Waals surface area (Å²) < 4.78 is 0. The molecule has 124 valence electrons. The number of imide groups is 1. The van der Waals surface area contributed by atoms with Crippen LogP contribution in [0.2, 0.25) is 0 Å². The second kappa shape index (κ2) is 7.51. The number of nitrogens with one attached hydrogen (secondary N) is 2. The van der Waals surface area contributed by atoms with Crippen molar-refractivity contribution in [2.24, 2.45) is 5.73 Å². The summed E-state index contributed by atoms with van der Waals surface area (Å²) in [5.74, 6) is 0.539. The van der Waals surface area contributed by atoms with Crippen LogP contribution in [0.25, 0.3) is 0 Å². The summed E-state index contributed by atoms with van der Waals surface area (Å²) in [7, 11) is 0. The Bertz CT molecular complexity index is 736. The van der Waals surface area contributed by atoms with E-state index in [4.69, 9.17) is 5.73 Å². The molecule has 0 unspecified atom stereocenters. The summed E-state index contributed by atoms with van der Waals surface area (Å²) >= 11 is 1.82. The predicted octanol–water partition coefficient (Wildman–Crippen LogP) is 2.75. The highest BCUT2D eigenvalue weighted by Gasteiger charge is 2.28. The van der Waals surface area contributed by atoms with Crippen LogP contribution in [0.15, 0.2) is 59.5 Å². The van der Waals surface area contributed by atoms with E-state index >= 15 is 0 Å². The topological polar surface area (TPSA) is 84.2 Å². The first-order valence-electron chi connectivity index (χ1n) is 7.78. The number of hydrogen-bond donors (Lipinski definition) is 3. The van der Waals surface area contributed by atoms with Gasteiger partial charge in [-0.1, -0.05) is 48.5 Å². The Morgan fingerprint density at radius 3 is 2.54 bits per heavy atom. The molecule has 1 heterocycles. The van der Waals surface area contributed by atoms with Gasteiger partial charge in [-0.25, -0.2) is 4.79 Å². The van der Waals surface area contributed by atoms with Crippen LogP contribution in [0.5, 0.6) is 0 Å². The fourth-order valence-electron chi connectivity index (χ4n) is 2.88. The molecule has 6 heteroatoms. The smallest absolute Gasteiger partial charge is 0.318 e. The number of benzene rings is 2. The van der Waals surface area contributed by atoms with E-state index in [-0.39, 0.29) is 6.04 Å². The Morgan fingerprint density at radius 1 is 1.08 bits per heavy atom. The lowest BCUT2D eigenvalue weighted by atomic mass is 9.99. The molecular weight excluding hydrogens is 322 g/mol. The quantitative estimate of drug-likeness (QED) is 0.798. The maximum Gasteiger partial charge on any atom is 0.318 e. The van der Waals surface area contributed by atoms with Crippen molar-refractivity contribution in [3.05, 3.63) is 65.7 Å². The first-order valence-corrected chi connectivity index (χ1v) is 8.76. The number of hydrogen-bond acceptors (Lipinski definition) is 4. The van der Waals surface area contributed by atoms with Gasteiger partial charge in [-0.3, -0.25) is 15.4 Å². The third kappa shape index (κ3) is 3.77. The number of carbonyl (C=O) groups is 2. The molecule has 2 aromatic carbocycles. The number of fused-ring (bicyclic) bond motifs is 1. The normalized spacial score (nSPS) is 17.6. The van der Waals surface area contributed by atoms with E-state index in [2.05, 4.69) is 22.8 Å². The number of amides is 3. The first-order chi connectivity index (χ1) is 11.6. The third-order valence-electron chi connectivity index (χ3n) is 3.97. The zero-order chi connectivity index (χ0) is 16.9. The number of primary amides is 1. The van der Waals surface area contributed by atoms with Gasteiger partial charge >= 0.3 is 6.03 Å². The first kappa shape index (κ1) is 16.5. The van der Waals surface area contributed by atoms with Crippen molar-refractivity contribution in [1.29, 1.82) is 0 Å². The predicted molar refractivity (Wildman–Crippen MR) is 94.6 cm³/mol. The van der Waals surface area contributed by atoms with Gasteiger partial charge in [-0.15, -0.1) is 11.8 Å². The van der Waals surface area contributed by atoms with Crippen LogP contribution in [0, 0.1) is 0 Å². The molecule has 3 rings (SSSR count). The molecule has 0 spiro atoms. The largest absolute Gasteiger partial charge is 0.351 e. The fourth-order valence-corrected chi connectivity index (χ4v) is 4.00. The lowest BCUT2D eigenvalue weighted by Crippen LogP contribution is -2.44. The Labute approximate surface area is 145 Å². The molecule has 0 fully saturated rings. The molecular formula is C18H19N3O2S. The summed E-state index contributed by atoms with van der Waals surface area (Å²) in [5, 5.41) is 5.59. The van der Waals surface area contributed by atoms with E-state index in [0.717, 1.165) is 17.7 Å². The van der Waals surface area contributed by atoms with Crippen molar-refractivity contribution in [1.82, 2.24) is 10.6 Å². The van der Waals surface area contributed by atoms with Gasteiger partial charge in [0, 0.05) is 10.9 Å². The lowest BCUT2D eigenvalue weighted by molar-refractivity contribution is -0.122. The SMILES string of the molecule is NC(=O)NC(=O)[C@@H](N[C@@H]1CCSc2ccccc21)c1ccccc1. The highest BCUT2D eigenvalue weighted by Crippen LogP contribution is 2.37. The van der Waals surface area contributed by atoms with Gasteiger partial charge in [0.1, 0.15) is 6.04 Å². The molecule has 5 nitrogen and oxygen atoms in total. The van der Waals surface area contributed by atoms with Crippen LogP contribution >= 0.6 is 11.8 Å². The van der Waals surface area contributed by atoms with Crippen LogP contribution in [0.1, 0.15) is 29.6 Å². The second-order valence-corrected chi connectivity index (χ2v) is 6.73. The highest BCUT2D eigenvalue weighted by molar-refractivity contribution is 7.99. The lowest BCUT2D eigenvalue weighted by Gasteiger charge is -2.29. The minimum absolute atomic E-state index is 0.0475. The van der Waals surface area contributed by atoms with Gasteiger partial charge < -0.3 is 5.73 Å². The summed E-state index contributed by atoms with van der Waals surface area (Å²) in [6, 6.07) is 16.1. The molecule has 0 saturated carbocycles. The van der Waals surface area contributed by atoms with Crippen LogP contribution in [0.3, 0.4) is 0 Å². The molecule has 2 aromatic rings. The molecule has 24 heavy (non-hydrogen) atoms. The maximum absolute atomic E-state index is 12.5. The van der Waals surface area contributed by atoms with Crippen LogP contribution in [-0.4, -0.2) is 17.7 Å². The summed E-state index contributed by atoms with van der Waals surface area (Å²) in [5.41, 5.74) is 7.10. The number of thioether (sulfide) groups is 1. The second-order valence-electron chi connectivity index (χ2n) is 5.59. The molecule has 1 aliphatic heterocycles. The van der Waals surface area contributed by atoms with Gasteiger partial charge in [0.25, 0.3) is 0 Å². The minimum atomic E-state index is -0.845. The average Bonchev–Trinajstić information content (AvgIpc) is 2.60. The third-order valence-corrected chi connectivity index (χ3v) is 5.09. The Kier molecular flexibility index (Phi) is 5.17. The van der Waals surface area contributed by atoms with E-state index in [0.29, 0.717) is 0 Å². The zero-order valence-electron chi connectivity index (χ0n) is 13.1. The molecule has 4 N–H and O–H groups in total. The number of urea groups is 1. The number of carbonyl (C=O) groups excluding carboxylic acids is 2. The average molecular weight is 341 g/mol. The van der Waals surface area contributed by atoms with Crippen LogP contribution in [0.4, 0.5) is 4.79 Å². The molecule has 0 radical (unpaired) electrons. The molecule has 1 aliphatic rings. The maximum atomic E-state index is 12.5. The Balaban J connectivity index is 1.87. The summed E-state index contributed by atoms with van der Waals surface area (Å²) in [6.45, 7) is 0. The van der Waals surface area contributed by atoms with Crippen LogP contribution < -0.4 is 16.4 Å². The van der Waals surface area contributed by atoms with Crippen molar-refractivity contribution < 1.29 is 9.59 Å². The highest BCUT2D eigenvalue weighted by atomic mass is 32.2. The minimum Gasteiger partial charge on any atom is -0.351 e. The van der Waals surface area contributed by atoms with Gasteiger partial charge in [0.15, 0.2) is 0 Å². The molecule has 3 amide bonds. The van der Waals surface area contributed by atoms with Crippen molar-refractivity contribution >= 4 is 23.7 Å². The molecule has 0 aliphatic carbocycles.